The largest absolute Gasteiger partial charge is 0.379 e. The van der Waals surface area contributed by atoms with Gasteiger partial charge >= 0.3 is 0 Å². The number of ether oxygens (including phenoxy) is 1. The highest BCUT2D eigenvalue weighted by Crippen LogP contribution is 2.27. The highest BCUT2D eigenvalue weighted by molar-refractivity contribution is 7.92. The SMILES string of the molecule is CS(=O)(=O)[C@H](CCN1CCc2cc(-c3ccc(CN4CCOCC4)cc3)ccc2C1=O)C(=O)NO. The minimum absolute atomic E-state index is 0.0822. The lowest BCUT2D eigenvalue weighted by Gasteiger charge is -2.30. The Morgan fingerprint density at radius 2 is 1.77 bits per heavy atom. The van der Waals surface area contributed by atoms with Crippen LogP contribution in [-0.2, 0) is 32.3 Å². The summed E-state index contributed by atoms with van der Waals surface area (Å²) in [7, 11) is -3.72. The molecule has 35 heavy (non-hydrogen) atoms. The van der Waals surface area contributed by atoms with Crippen LogP contribution < -0.4 is 5.48 Å². The second kappa shape index (κ2) is 10.9. The summed E-state index contributed by atoms with van der Waals surface area (Å²) in [6.45, 7) is 4.89. The minimum Gasteiger partial charge on any atom is -0.379 e. The number of rotatable bonds is 8. The van der Waals surface area contributed by atoms with E-state index in [-0.39, 0.29) is 18.9 Å². The number of sulfone groups is 1. The molecule has 0 aromatic heterocycles. The van der Waals surface area contributed by atoms with Gasteiger partial charge in [-0.15, -0.1) is 0 Å². The van der Waals surface area contributed by atoms with Crippen LogP contribution in [0.4, 0.5) is 0 Å². The summed E-state index contributed by atoms with van der Waals surface area (Å²) < 4.78 is 29.2. The van der Waals surface area contributed by atoms with Crippen LogP contribution >= 0.6 is 0 Å². The molecule has 2 aliphatic rings. The van der Waals surface area contributed by atoms with Crippen molar-refractivity contribution in [3.63, 3.8) is 0 Å². The van der Waals surface area contributed by atoms with E-state index in [4.69, 9.17) is 9.94 Å². The van der Waals surface area contributed by atoms with Crippen LogP contribution in [0.2, 0.25) is 0 Å². The van der Waals surface area contributed by atoms with Crippen LogP contribution in [0.5, 0.6) is 0 Å². The molecule has 2 heterocycles. The van der Waals surface area contributed by atoms with Gasteiger partial charge in [0.05, 0.1) is 13.2 Å². The zero-order chi connectivity index (χ0) is 25.0. The third kappa shape index (κ3) is 6.07. The number of nitrogens with zero attached hydrogens (tertiary/aromatic N) is 2. The maximum Gasteiger partial charge on any atom is 0.261 e. The molecule has 188 valence electrons. The summed E-state index contributed by atoms with van der Waals surface area (Å²) in [6.07, 6.45) is 1.50. The van der Waals surface area contributed by atoms with Gasteiger partial charge in [0, 0.05) is 44.5 Å². The van der Waals surface area contributed by atoms with E-state index < -0.39 is 21.0 Å². The average Bonchev–Trinajstić information content (AvgIpc) is 2.85. The van der Waals surface area contributed by atoms with Crippen LogP contribution in [0.1, 0.15) is 27.9 Å². The van der Waals surface area contributed by atoms with Crippen molar-refractivity contribution in [3.8, 4) is 11.1 Å². The Bertz CT molecular complexity index is 1180. The van der Waals surface area contributed by atoms with Gasteiger partial charge in [-0.25, -0.2) is 13.9 Å². The first-order valence-corrected chi connectivity index (χ1v) is 13.7. The van der Waals surface area contributed by atoms with Crippen LogP contribution in [0.3, 0.4) is 0 Å². The Balaban J connectivity index is 1.42. The molecule has 0 unspecified atom stereocenters. The molecule has 2 N–H and O–H groups in total. The van der Waals surface area contributed by atoms with E-state index in [0.717, 1.165) is 55.8 Å². The van der Waals surface area contributed by atoms with Crippen LogP contribution in [0, 0.1) is 0 Å². The molecule has 0 aliphatic carbocycles. The molecule has 0 spiro atoms. The average molecular weight is 502 g/mol. The molecule has 0 radical (unpaired) electrons. The van der Waals surface area contributed by atoms with Crippen molar-refractivity contribution in [1.29, 1.82) is 0 Å². The standard InChI is InChI=1S/C25H31N3O6S/c1-35(32,33)23(24(29)26-31)9-11-28-10-8-21-16-20(6-7-22(21)25(28)30)19-4-2-18(3-5-19)17-27-12-14-34-15-13-27/h2-7,16,23,31H,8-15,17H2,1H3,(H,26,29)/t23-/m1/s1. The lowest BCUT2D eigenvalue weighted by molar-refractivity contribution is -0.128. The molecule has 1 saturated heterocycles. The van der Waals surface area contributed by atoms with Gasteiger partial charge in [0.1, 0.15) is 5.25 Å². The molecule has 9 nitrogen and oxygen atoms in total. The number of morpholine rings is 1. The van der Waals surface area contributed by atoms with Gasteiger partial charge in [-0.2, -0.15) is 0 Å². The smallest absolute Gasteiger partial charge is 0.261 e. The highest BCUT2D eigenvalue weighted by atomic mass is 32.2. The number of fused-ring (bicyclic) bond motifs is 1. The summed E-state index contributed by atoms with van der Waals surface area (Å²) in [6, 6.07) is 14.3. The van der Waals surface area contributed by atoms with Gasteiger partial charge in [0.15, 0.2) is 9.84 Å². The second-order valence-corrected chi connectivity index (χ2v) is 11.3. The molecule has 2 amide bonds. The Hall–Kier alpha value is -2.79. The summed E-state index contributed by atoms with van der Waals surface area (Å²) in [5.74, 6) is -1.17. The lowest BCUT2D eigenvalue weighted by atomic mass is 9.93. The van der Waals surface area contributed by atoms with E-state index in [1.165, 1.54) is 11.0 Å². The number of hydroxylamine groups is 1. The van der Waals surface area contributed by atoms with E-state index in [1.54, 1.807) is 4.90 Å². The van der Waals surface area contributed by atoms with E-state index in [0.29, 0.717) is 18.5 Å². The predicted octanol–water partition coefficient (Wildman–Crippen LogP) is 1.49. The fourth-order valence-corrected chi connectivity index (χ4v) is 5.61. The molecule has 2 aliphatic heterocycles. The summed E-state index contributed by atoms with van der Waals surface area (Å²) in [5, 5.41) is 7.44. The molecule has 4 rings (SSSR count). The maximum atomic E-state index is 13.0. The third-order valence-electron chi connectivity index (χ3n) is 6.65. The van der Waals surface area contributed by atoms with Crippen molar-refractivity contribution in [2.24, 2.45) is 0 Å². The third-order valence-corrected chi connectivity index (χ3v) is 8.14. The van der Waals surface area contributed by atoms with E-state index in [1.807, 2.05) is 18.2 Å². The van der Waals surface area contributed by atoms with Gasteiger partial charge in [0.25, 0.3) is 11.8 Å². The molecular formula is C25H31N3O6S. The first kappa shape index (κ1) is 25.3. The van der Waals surface area contributed by atoms with E-state index in [2.05, 4.69) is 29.2 Å². The second-order valence-electron chi connectivity index (χ2n) is 9.08. The van der Waals surface area contributed by atoms with Crippen molar-refractivity contribution in [3.05, 3.63) is 59.2 Å². The van der Waals surface area contributed by atoms with Crippen molar-refractivity contribution >= 4 is 21.7 Å². The van der Waals surface area contributed by atoms with Crippen molar-refractivity contribution < 1.29 is 28.0 Å². The molecule has 10 heteroatoms. The predicted molar refractivity (Wildman–Crippen MR) is 131 cm³/mol. The van der Waals surface area contributed by atoms with Crippen molar-refractivity contribution in [1.82, 2.24) is 15.3 Å². The highest BCUT2D eigenvalue weighted by Gasteiger charge is 2.31. The van der Waals surface area contributed by atoms with Crippen LogP contribution in [-0.4, -0.2) is 86.1 Å². The first-order valence-electron chi connectivity index (χ1n) is 11.7. The maximum absolute atomic E-state index is 13.0. The van der Waals surface area contributed by atoms with Gasteiger partial charge in [-0.3, -0.25) is 19.7 Å². The molecule has 2 aromatic carbocycles. The molecule has 1 atom stereocenters. The molecule has 2 aromatic rings. The lowest BCUT2D eigenvalue weighted by Crippen LogP contribution is -2.43. The first-order chi connectivity index (χ1) is 16.8. The molecule has 1 fully saturated rings. The number of amides is 2. The fourth-order valence-electron chi connectivity index (χ4n) is 4.63. The van der Waals surface area contributed by atoms with Gasteiger partial charge in [-0.1, -0.05) is 36.4 Å². The van der Waals surface area contributed by atoms with Crippen LogP contribution in [0.15, 0.2) is 42.5 Å². The molecule has 0 bridgehead atoms. The van der Waals surface area contributed by atoms with Gasteiger partial charge in [-0.05, 0) is 41.2 Å². The van der Waals surface area contributed by atoms with Crippen molar-refractivity contribution in [2.45, 2.75) is 24.6 Å². The van der Waals surface area contributed by atoms with E-state index in [9.17, 15) is 18.0 Å². The minimum atomic E-state index is -3.72. The number of carbonyl (C=O) groups excluding carboxylic acids is 2. The Kier molecular flexibility index (Phi) is 7.85. The zero-order valence-electron chi connectivity index (χ0n) is 19.8. The van der Waals surface area contributed by atoms with Gasteiger partial charge < -0.3 is 9.64 Å². The van der Waals surface area contributed by atoms with Gasteiger partial charge in [0.2, 0.25) is 0 Å². The number of nitrogens with one attached hydrogen (secondary N) is 1. The number of carbonyl (C=O) groups is 2. The number of hydrogen-bond acceptors (Lipinski definition) is 7. The Labute approximate surface area is 205 Å². The van der Waals surface area contributed by atoms with Crippen molar-refractivity contribution in [2.75, 3.05) is 45.6 Å². The monoisotopic (exact) mass is 501 g/mol. The zero-order valence-corrected chi connectivity index (χ0v) is 20.6. The fraction of sp³-hybridized carbons (Fsp3) is 0.440. The Morgan fingerprint density at radius 3 is 2.43 bits per heavy atom. The summed E-state index contributed by atoms with van der Waals surface area (Å²) in [4.78, 5) is 28.7. The summed E-state index contributed by atoms with van der Waals surface area (Å²) >= 11 is 0. The molecular weight excluding hydrogens is 470 g/mol. The van der Waals surface area contributed by atoms with E-state index >= 15 is 0 Å². The quantitative estimate of drug-likeness (QED) is 0.416. The topological polar surface area (TPSA) is 116 Å². The van der Waals surface area contributed by atoms with Crippen LogP contribution in [0.25, 0.3) is 11.1 Å². The normalized spacial score (nSPS) is 17.7. The Morgan fingerprint density at radius 1 is 1.09 bits per heavy atom. The summed E-state index contributed by atoms with van der Waals surface area (Å²) in [5.41, 5.74) is 6.32. The number of benzene rings is 2. The number of hydrogen-bond donors (Lipinski definition) is 2. The molecule has 0 saturated carbocycles.